The Morgan fingerprint density at radius 2 is 1.78 bits per heavy atom. The monoisotopic (exact) mass is 286 g/mol. The molecule has 0 spiro atoms. The van der Waals surface area contributed by atoms with Crippen molar-refractivity contribution in [2.75, 3.05) is 7.05 Å². The van der Waals surface area contributed by atoms with Crippen molar-refractivity contribution < 1.29 is 0 Å². The zero-order valence-corrected chi connectivity index (χ0v) is 15.4. The van der Waals surface area contributed by atoms with Gasteiger partial charge in [0.2, 0.25) is 0 Å². The standard InChI is InChI=1S/C12H30N4Si2/c1-11(2)15-10-9-14(3)12(15)13-16(17(4)5)18(6,7)8/h9-13,17H,1-8H3. The van der Waals surface area contributed by atoms with Gasteiger partial charge in [-0.15, -0.1) is 0 Å². The highest BCUT2D eigenvalue weighted by molar-refractivity contribution is 6.82. The van der Waals surface area contributed by atoms with Gasteiger partial charge in [0.25, 0.3) is 0 Å². The van der Waals surface area contributed by atoms with Gasteiger partial charge >= 0.3 is 0 Å². The molecular weight excluding hydrogens is 256 g/mol. The Labute approximate surface area is 115 Å². The molecule has 0 saturated heterocycles. The second-order valence-electron chi connectivity index (χ2n) is 6.64. The van der Waals surface area contributed by atoms with E-state index in [1.54, 1.807) is 0 Å². The molecule has 0 aromatic heterocycles. The fourth-order valence-corrected chi connectivity index (χ4v) is 9.54. The lowest BCUT2D eigenvalue weighted by atomic mass is 10.3. The minimum Gasteiger partial charge on any atom is -0.346 e. The summed E-state index contributed by atoms with van der Waals surface area (Å²) in [7, 11) is -0.0185. The van der Waals surface area contributed by atoms with Gasteiger partial charge in [-0.25, -0.2) is 5.43 Å². The molecule has 0 radical (unpaired) electrons. The first-order valence-electron chi connectivity index (χ1n) is 6.88. The minimum absolute atomic E-state index is 0.270. The molecule has 0 saturated carbocycles. The predicted molar refractivity (Wildman–Crippen MR) is 84.9 cm³/mol. The molecule has 0 aromatic rings. The largest absolute Gasteiger partial charge is 0.346 e. The van der Waals surface area contributed by atoms with Crippen molar-refractivity contribution in [3.8, 4) is 0 Å². The van der Waals surface area contributed by atoms with Gasteiger partial charge in [-0.05, 0) is 13.8 Å². The maximum Gasteiger partial charge on any atom is 0.168 e. The van der Waals surface area contributed by atoms with Crippen molar-refractivity contribution in [2.24, 2.45) is 0 Å². The van der Waals surface area contributed by atoms with Crippen LogP contribution in [0.5, 0.6) is 0 Å². The van der Waals surface area contributed by atoms with E-state index in [4.69, 9.17) is 0 Å². The second-order valence-corrected chi connectivity index (χ2v) is 14.7. The number of rotatable bonds is 5. The van der Waals surface area contributed by atoms with E-state index in [1.165, 1.54) is 0 Å². The Balaban J connectivity index is 2.80. The fourth-order valence-electron chi connectivity index (χ4n) is 2.41. The molecule has 1 N–H and O–H groups in total. The highest BCUT2D eigenvalue weighted by Gasteiger charge is 2.33. The molecule has 18 heavy (non-hydrogen) atoms. The number of hydrazine groups is 1. The third-order valence-corrected chi connectivity index (χ3v) is 9.86. The van der Waals surface area contributed by atoms with Gasteiger partial charge in [0.1, 0.15) is 17.2 Å². The van der Waals surface area contributed by atoms with Crippen LogP contribution in [0.15, 0.2) is 12.4 Å². The van der Waals surface area contributed by atoms with Crippen LogP contribution in [-0.4, -0.2) is 50.7 Å². The maximum atomic E-state index is 3.78. The van der Waals surface area contributed by atoms with E-state index in [1.807, 2.05) is 0 Å². The summed E-state index contributed by atoms with van der Waals surface area (Å²) in [4.78, 5) is 4.63. The van der Waals surface area contributed by atoms with E-state index in [-0.39, 0.29) is 6.29 Å². The Morgan fingerprint density at radius 3 is 2.17 bits per heavy atom. The first kappa shape index (κ1) is 15.8. The van der Waals surface area contributed by atoms with Gasteiger partial charge in [-0.2, -0.15) is 0 Å². The first-order chi connectivity index (χ1) is 8.14. The van der Waals surface area contributed by atoms with Crippen LogP contribution in [-0.2, 0) is 0 Å². The van der Waals surface area contributed by atoms with Crippen molar-refractivity contribution in [3.63, 3.8) is 0 Å². The van der Waals surface area contributed by atoms with Gasteiger partial charge in [-0.1, -0.05) is 32.7 Å². The second kappa shape index (κ2) is 5.77. The summed E-state index contributed by atoms with van der Waals surface area (Å²) in [6, 6.07) is 0.515. The molecule has 0 aliphatic carbocycles. The van der Waals surface area contributed by atoms with Crippen LogP contribution in [0.25, 0.3) is 0 Å². The summed E-state index contributed by atoms with van der Waals surface area (Å²) in [6.07, 6.45) is 4.61. The molecular formula is C12H30N4Si2. The highest BCUT2D eigenvalue weighted by atomic mass is 28.4. The lowest BCUT2D eigenvalue weighted by Crippen LogP contribution is -2.66. The van der Waals surface area contributed by atoms with Crippen LogP contribution in [0.4, 0.5) is 0 Å². The van der Waals surface area contributed by atoms with Gasteiger partial charge in [0.15, 0.2) is 6.29 Å². The topological polar surface area (TPSA) is 21.8 Å². The van der Waals surface area contributed by atoms with Crippen molar-refractivity contribution >= 4 is 17.2 Å². The molecule has 1 heterocycles. The number of hydrogen-bond donors (Lipinski definition) is 1. The molecule has 1 rings (SSSR count). The van der Waals surface area contributed by atoms with E-state index >= 15 is 0 Å². The van der Waals surface area contributed by atoms with Crippen LogP contribution < -0.4 is 5.43 Å². The van der Waals surface area contributed by atoms with Crippen molar-refractivity contribution in [1.29, 1.82) is 0 Å². The van der Waals surface area contributed by atoms with E-state index in [9.17, 15) is 0 Å². The normalized spacial score (nSPS) is 20.9. The number of nitrogens with one attached hydrogen (secondary N) is 1. The van der Waals surface area contributed by atoms with Crippen molar-refractivity contribution in [1.82, 2.24) is 19.6 Å². The van der Waals surface area contributed by atoms with Crippen LogP contribution in [0.3, 0.4) is 0 Å². The Kier molecular flexibility index (Phi) is 5.05. The third-order valence-electron chi connectivity index (χ3n) is 3.23. The van der Waals surface area contributed by atoms with Gasteiger partial charge in [0.05, 0.1) is 0 Å². The average Bonchev–Trinajstić information content (AvgIpc) is 2.53. The van der Waals surface area contributed by atoms with Crippen LogP contribution in [0.1, 0.15) is 13.8 Å². The number of hydrogen-bond acceptors (Lipinski definition) is 4. The smallest absolute Gasteiger partial charge is 0.168 e. The lowest BCUT2D eigenvalue weighted by Gasteiger charge is -2.44. The summed E-state index contributed by atoms with van der Waals surface area (Å²) in [5.74, 6) is 0. The summed E-state index contributed by atoms with van der Waals surface area (Å²) in [5, 5.41) is 0. The Hall–Kier alpha value is -0.306. The summed E-state index contributed by atoms with van der Waals surface area (Å²) in [6.45, 7) is 16.5. The predicted octanol–water partition coefficient (Wildman–Crippen LogP) is 2.02. The highest BCUT2D eigenvalue weighted by Crippen LogP contribution is 2.18. The molecule has 6 heteroatoms. The summed E-state index contributed by atoms with van der Waals surface area (Å²) in [5.41, 5.74) is 3.78. The molecule has 1 atom stereocenters. The summed E-state index contributed by atoms with van der Waals surface area (Å²) < 4.78 is 2.61. The van der Waals surface area contributed by atoms with E-state index in [0.717, 1.165) is 0 Å². The van der Waals surface area contributed by atoms with E-state index in [2.05, 4.69) is 85.6 Å². The molecule has 0 aromatic carbocycles. The zero-order valence-electron chi connectivity index (χ0n) is 13.2. The Morgan fingerprint density at radius 1 is 1.22 bits per heavy atom. The SMILES string of the molecule is CC(C)N1C=CN(C)C1NN([SiH](C)C)[Si](C)(C)C. The lowest BCUT2D eigenvalue weighted by molar-refractivity contribution is 0.0810. The van der Waals surface area contributed by atoms with Crippen LogP contribution >= 0.6 is 0 Å². The van der Waals surface area contributed by atoms with Gasteiger partial charge < -0.3 is 9.80 Å². The molecule has 1 unspecified atom stereocenters. The average molecular weight is 287 g/mol. The number of nitrogens with zero attached hydrogens (tertiary/aromatic N) is 3. The summed E-state index contributed by atoms with van der Waals surface area (Å²) >= 11 is 0. The van der Waals surface area contributed by atoms with Gasteiger partial charge in [-0.3, -0.25) is 4.34 Å². The van der Waals surface area contributed by atoms with Crippen molar-refractivity contribution in [2.45, 2.75) is 58.9 Å². The van der Waals surface area contributed by atoms with Crippen molar-refractivity contribution in [3.05, 3.63) is 12.4 Å². The van der Waals surface area contributed by atoms with E-state index < -0.39 is 17.2 Å². The first-order valence-corrected chi connectivity index (χ1v) is 13.1. The molecule has 4 nitrogen and oxygen atoms in total. The Bertz CT molecular complexity index is 299. The van der Waals surface area contributed by atoms with Gasteiger partial charge in [0, 0.05) is 25.5 Å². The molecule has 1 aliphatic rings. The molecule has 106 valence electrons. The minimum atomic E-state index is -1.31. The molecule has 0 fully saturated rings. The molecule has 0 bridgehead atoms. The maximum absolute atomic E-state index is 3.78. The molecule has 1 aliphatic heterocycles. The fraction of sp³-hybridized carbons (Fsp3) is 0.833. The van der Waals surface area contributed by atoms with Crippen LogP contribution in [0.2, 0.25) is 32.7 Å². The zero-order chi connectivity index (χ0) is 14.1. The quantitative estimate of drug-likeness (QED) is 0.616. The van der Waals surface area contributed by atoms with Crippen LogP contribution in [0, 0.1) is 0 Å². The molecule has 0 amide bonds. The third kappa shape index (κ3) is 3.60. The van der Waals surface area contributed by atoms with E-state index in [0.29, 0.717) is 6.04 Å².